The predicted molar refractivity (Wildman–Crippen MR) is 95.2 cm³/mol. The molecule has 1 N–H and O–H groups in total. The zero-order valence-corrected chi connectivity index (χ0v) is 13.9. The number of piperidine rings is 1. The van der Waals surface area contributed by atoms with Crippen LogP contribution in [0.15, 0.2) is 42.7 Å². The molecule has 122 valence electrons. The summed E-state index contributed by atoms with van der Waals surface area (Å²) in [4.78, 5) is 27.7. The van der Waals surface area contributed by atoms with Crippen molar-refractivity contribution in [3.63, 3.8) is 0 Å². The minimum atomic E-state index is -0.0745. The number of carbonyl (C=O) groups excluding carboxylic acids is 1. The van der Waals surface area contributed by atoms with E-state index in [1.54, 1.807) is 18.5 Å². The maximum Gasteiger partial charge on any atom is 0.231 e. The fourth-order valence-electron chi connectivity index (χ4n) is 2.96. The Morgan fingerprint density at radius 1 is 1.21 bits per heavy atom. The number of carbonyl (C=O) groups is 1. The summed E-state index contributed by atoms with van der Waals surface area (Å²) in [6.45, 7) is 1.52. The van der Waals surface area contributed by atoms with E-state index in [0.29, 0.717) is 17.6 Å². The molecule has 0 radical (unpaired) electrons. The van der Waals surface area contributed by atoms with Crippen LogP contribution < -0.4 is 10.2 Å². The lowest BCUT2D eigenvalue weighted by atomic mass is 9.97. The number of nitrogens with zero attached hydrogens (tertiary/aromatic N) is 4. The molecule has 3 heterocycles. The number of amides is 1. The molecule has 0 spiro atoms. The molecule has 3 aromatic rings. The van der Waals surface area contributed by atoms with Crippen LogP contribution in [-0.2, 0) is 4.79 Å². The summed E-state index contributed by atoms with van der Waals surface area (Å²) >= 11 is 1.51. The van der Waals surface area contributed by atoms with Crippen molar-refractivity contribution in [2.75, 3.05) is 23.3 Å². The van der Waals surface area contributed by atoms with Crippen LogP contribution in [0.3, 0.4) is 0 Å². The molecule has 24 heavy (non-hydrogen) atoms. The number of aromatic nitrogens is 3. The highest BCUT2D eigenvalue weighted by molar-refractivity contribution is 7.22. The molecule has 1 atom stereocenters. The van der Waals surface area contributed by atoms with Crippen LogP contribution in [0.5, 0.6) is 0 Å². The van der Waals surface area contributed by atoms with Gasteiger partial charge in [-0.1, -0.05) is 23.5 Å². The zero-order valence-electron chi connectivity index (χ0n) is 13.1. The minimum absolute atomic E-state index is 0.0229. The van der Waals surface area contributed by atoms with E-state index >= 15 is 0 Å². The Morgan fingerprint density at radius 2 is 2.04 bits per heavy atom. The van der Waals surface area contributed by atoms with Crippen molar-refractivity contribution in [3.05, 3.63) is 42.7 Å². The third kappa shape index (κ3) is 3.07. The first-order chi connectivity index (χ1) is 11.8. The summed E-state index contributed by atoms with van der Waals surface area (Å²) in [5.74, 6) is 0.638. The first-order valence-corrected chi connectivity index (χ1v) is 8.79. The molecule has 4 rings (SSSR count). The summed E-state index contributed by atoms with van der Waals surface area (Å²) in [5, 5.41) is 3.64. The summed E-state index contributed by atoms with van der Waals surface area (Å²) in [7, 11) is 0. The molecule has 7 heteroatoms. The average molecular weight is 339 g/mol. The van der Waals surface area contributed by atoms with Gasteiger partial charge in [-0.2, -0.15) is 0 Å². The van der Waals surface area contributed by atoms with Crippen LogP contribution in [0.1, 0.15) is 12.8 Å². The van der Waals surface area contributed by atoms with Crippen LogP contribution >= 0.6 is 11.3 Å². The molecule has 2 aromatic heterocycles. The van der Waals surface area contributed by atoms with Gasteiger partial charge in [0.15, 0.2) is 5.13 Å². The van der Waals surface area contributed by atoms with E-state index in [1.165, 1.54) is 11.3 Å². The highest BCUT2D eigenvalue weighted by Crippen LogP contribution is 2.27. The normalized spacial score (nSPS) is 17.8. The van der Waals surface area contributed by atoms with Gasteiger partial charge in [0, 0.05) is 25.5 Å². The smallest absolute Gasteiger partial charge is 0.231 e. The molecule has 0 aliphatic carbocycles. The molecule has 1 aromatic carbocycles. The number of fused-ring (bicyclic) bond motifs is 1. The molecule has 1 aliphatic rings. The second-order valence-electron chi connectivity index (χ2n) is 5.81. The number of hydrogen-bond donors (Lipinski definition) is 1. The summed E-state index contributed by atoms with van der Waals surface area (Å²) in [6, 6.07) is 9.69. The molecule has 1 aliphatic heterocycles. The van der Waals surface area contributed by atoms with Crippen LogP contribution in [0.25, 0.3) is 10.2 Å². The van der Waals surface area contributed by atoms with Crippen molar-refractivity contribution >= 4 is 38.5 Å². The number of rotatable bonds is 3. The first kappa shape index (κ1) is 15.0. The van der Waals surface area contributed by atoms with Gasteiger partial charge >= 0.3 is 0 Å². The van der Waals surface area contributed by atoms with Crippen molar-refractivity contribution in [1.29, 1.82) is 0 Å². The van der Waals surface area contributed by atoms with Crippen molar-refractivity contribution in [1.82, 2.24) is 15.0 Å². The van der Waals surface area contributed by atoms with E-state index < -0.39 is 0 Å². The van der Waals surface area contributed by atoms with Crippen molar-refractivity contribution in [2.24, 2.45) is 5.92 Å². The summed E-state index contributed by atoms with van der Waals surface area (Å²) < 4.78 is 1.08. The standard InChI is InChI=1S/C17H17N5OS/c23-15(21-17-20-13-6-1-2-7-14(13)24-17)12-5-3-10-22(11-12)16-18-8-4-9-19-16/h1-2,4,6-9,12H,3,5,10-11H2,(H,20,21,23). The van der Waals surface area contributed by atoms with Gasteiger partial charge in [-0.25, -0.2) is 15.0 Å². The highest BCUT2D eigenvalue weighted by Gasteiger charge is 2.27. The quantitative estimate of drug-likeness (QED) is 0.794. The largest absolute Gasteiger partial charge is 0.340 e. The van der Waals surface area contributed by atoms with Gasteiger partial charge in [-0.15, -0.1) is 0 Å². The maximum atomic E-state index is 12.6. The second-order valence-corrected chi connectivity index (χ2v) is 6.84. The van der Waals surface area contributed by atoms with Gasteiger partial charge in [0.25, 0.3) is 0 Å². The topological polar surface area (TPSA) is 71.0 Å². The number of anilines is 2. The van der Waals surface area contributed by atoms with E-state index in [2.05, 4.69) is 25.2 Å². The molecule has 0 saturated carbocycles. The molecule has 6 nitrogen and oxygen atoms in total. The number of nitrogens with one attached hydrogen (secondary N) is 1. The Morgan fingerprint density at radius 3 is 2.88 bits per heavy atom. The Hall–Kier alpha value is -2.54. The molecule has 1 unspecified atom stereocenters. The van der Waals surface area contributed by atoms with Crippen LogP contribution in [-0.4, -0.2) is 33.9 Å². The van der Waals surface area contributed by atoms with E-state index in [0.717, 1.165) is 29.6 Å². The monoisotopic (exact) mass is 339 g/mol. The predicted octanol–water partition coefficient (Wildman–Crippen LogP) is 2.94. The fraction of sp³-hybridized carbons (Fsp3) is 0.294. The van der Waals surface area contributed by atoms with E-state index in [9.17, 15) is 4.79 Å². The van der Waals surface area contributed by atoms with E-state index in [1.807, 2.05) is 24.3 Å². The van der Waals surface area contributed by atoms with E-state index in [-0.39, 0.29) is 11.8 Å². The molecule has 1 amide bonds. The Kier molecular flexibility index (Phi) is 4.08. The van der Waals surface area contributed by atoms with E-state index in [4.69, 9.17) is 0 Å². The van der Waals surface area contributed by atoms with Crippen molar-refractivity contribution in [3.8, 4) is 0 Å². The molecule has 1 saturated heterocycles. The molecular weight excluding hydrogens is 322 g/mol. The first-order valence-electron chi connectivity index (χ1n) is 7.98. The SMILES string of the molecule is O=C(Nc1nc2ccccc2s1)C1CCCN(c2ncccn2)C1. The van der Waals surface area contributed by atoms with Crippen molar-refractivity contribution in [2.45, 2.75) is 12.8 Å². The van der Waals surface area contributed by atoms with Gasteiger partial charge in [0.05, 0.1) is 16.1 Å². The van der Waals surface area contributed by atoms with Crippen molar-refractivity contribution < 1.29 is 4.79 Å². The molecule has 0 bridgehead atoms. The van der Waals surface area contributed by atoms with Gasteiger partial charge in [-0.3, -0.25) is 4.79 Å². The number of hydrogen-bond acceptors (Lipinski definition) is 6. The van der Waals surface area contributed by atoms with Gasteiger partial charge in [0.2, 0.25) is 11.9 Å². The Balaban J connectivity index is 1.45. The summed E-state index contributed by atoms with van der Waals surface area (Å²) in [6.07, 6.45) is 5.29. The minimum Gasteiger partial charge on any atom is -0.340 e. The fourth-order valence-corrected chi connectivity index (χ4v) is 3.83. The number of para-hydroxylation sites is 1. The summed E-state index contributed by atoms with van der Waals surface area (Å²) in [5.41, 5.74) is 0.917. The third-order valence-electron chi connectivity index (χ3n) is 4.15. The second kappa shape index (κ2) is 6.52. The lowest BCUT2D eigenvalue weighted by molar-refractivity contribution is -0.120. The zero-order chi connectivity index (χ0) is 16.4. The van der Waals surface area contributed by atoms with Crippen LogP contribution in [0, 0.1) is 5.92 Å². The Bertz CT molecular complexity index is 817. The lowest BCUT2D eigenvalue weighted by Crippen LogP contribution is -2.41. The Labute approximate surface area is 143 Å². The van der Waals surface area contributed by atoms with Gasteiger partial charge < -0.3 is 10.2 Å². The lowest BCUT2D eigenvalue weighted by Gasteiger charge is -2.31. The number of thiazole rings is 1. The molecular formula is C17H17N5OS. The van der Waals surface area contributed by atoms with Gasteiger partial charge in [-0.05, 0) is 31.0 Å². The third-order valence-corrected chi connectivity index (χ3v) is 5.10. The average Bonchev–Trinajstić information content (AvgIpc) is 3.05. The number of benzene rings is 1. The highest BCUT2D eigenvalue weighted by atomic mass is 32.1. The molecule has 1 fully saturated rings. The van der Waals surface area contributed by atoms with Gasteiger partial charge in [0.1, 0.15) is 0 Å². The van der Waals surface area contributed by atoms with Crippen LogP contribution in [0.4, 0.5) is 11.1 Å². The van der Waals surface area contributed by atoms with Crippen LogP contribution in [0.2, 0.25) is 0 Å². The maximum absolute atomic E-state index is 12.6.